The second kappa shape index (κ2) is 4.49. The molecule has 1 nitrogen and oxygen atoms in total. The molecule has 0 unspecified atom stereocenters. The minimum atomic E-state index is -0.208. The van der Waals surface area contributed by atoms with Gasteiger partial charge in [0.15, 0.2) is 0 Å². The Kier molecular flexibility index (Phi) is 3.30. The number of rotatable bonds is 2. The zero-order valence-corrected chi connectivity index (χ0v) is 9.11. The van der Waals surface area contributed by atoms with Crippen molar-refractivity contribution in [3.63, 3.8) is 0 Å². The zero-order valence-electron chi connectivity index (χ0n) is 7.48. The van der Waals surface area contributed by atoms with Crippen LogP contribution in [-0.4, -0.2) is 16.6 Å². The van der Waals surface area contributed by atoms with Gasteiger partial charge in [-0.1, -0.05) is 6.07 Å². The largest absolute Gasteiger partial charge is 0.387 e. The number of aliphatic hydroxyl groups is 1. The fourth-order valence-corrected chi connectivity index (χ4v) is 3.67. The number of hydrogen-bond donors (Lipinski definition) is 1. The summed E-state index contributed by atoms with van der Waals surface area (Å²) in [6, 6.07) is 4.05. The molecule has 0 aromatic carbocycles. The average Bonchev–Trinajstić information content (AvgIpc) is 2.71. The van der Waals surface area contributed by atoms with Crippen molar-refractivity contribution in [3.05, 3.63) is 22.4 Å². The van der Waals surface area contributed by atoms with Gasteiger partial charge in [-0.15, -0.1) is 11.3 Å². The zero-order chi connectivity index (χ0) is 9.10. The molecule has 0 spiro atoms. The van der Waals surface area contributed by atoms with Crippen LogP contribution in [0.25, 0.3) is 0 Å². The third-order valence-electron chi connectivity index (χ3n) is 2.55. The molecule has 3 heteroatoms. The molecule has 0 aliphatic carbocycles. The third kappa shape index (κ3) is 2.27. The molecular weight excluding hydrogens is 200 g/mol. The second-order valence-electron chi connectivity index (χ2n) is 3.41. The molecule has 1 aromatic rings. The maximum atomic E-state index is 10.0. The Balaban J connectivity index is 1.99. The van der Waals surface area contributed by atoms with Crippen LogP contribution in [0.1, 0.15) is 23.8 Å². The molecular formula is C10H14OS2. The van der Waals surface area contributed by atoms with Crippen LogP contribution in [0.15, 0.2) is 17.5 Å². The summed E-state index contributed by atoms with van der Waals surface area (Å²) >= 11 is 3.67. The highest BCUT2D eigenvalue weighted by Crippen LogP contribution is 2.34. The first-order valence-corrected chi connectivity index (χ1v) is 6.70. The molecule has 1 N–H and O–H groups in total. The third-order valence-corrected chi connectivity index (χ3v) is 4.54. The Labute approximate surface area is 87.2 Å². The first kappa shape index (κ1) is 9.56. The quantitative estimate of drug-likeness (QED) is 0.817. The van der Waals surface area contributed by atoms with Gasteiger partial charge in [0.05, 0.1) is 6.10 Å². The van der Waals surface area contributed by atoms with Crippen LogP contribution in [0.4, 0.5) is 0 Å². The van der Waals surface area contributed by atoms with Gasteiger partial charge in [-0.3, -0.25) is 0 Å². The van der Waals surface area contributed by atoms with Crippen molar-refractivity contribution in [1.82, 2.24) is 0 Å². The molecule has 1 aliphatic heterocycles. The summed E-state index contributed by atoms with van der Waals surface area (Å²) in [6.07, 6.45) is 2.13. The standard InChI is InChI=1S/C10H14OS2/c11-10(9-2-1-5-13-9)8-3-6-12-7-4-8/h1-2,5,8,10-11H,3-4,6-7H2/t10-/m1/s1. The Morgan fingerprint density at radius 3 is 2.77 bits per heavy atom. The summed E-state index contributed by atoms with van der Waals surface area (Å²) in [5, 5.41) is 12.1. The van der Waals surface area contributed by atoms with Crippen LogP contribution in [0, 0.1) is 5.92 Å². The smallest absolute Gasteiger partial charge is 0.0910 e. The Bertz CT molecular complexity index is 239. The predicted octanol–water partition coefficient (Wildman–Crippen LogP) is 2.92. The highest BCUT2D eigenvalue weighted by Gasteiger charge is 2.23. The molecule has 0 bridgehead atoms. The van der Waals surface area contributed by atoms with Gasteiger partial charge in [0.25, 0.3) is 0 Å². The summed E-state index contributed by atoms with van der Waals surface area (Å²) < 4.78 is 0. The molecule has 2 rings (SSSR count). The lowest BCUT2D eigenvalue weighted by Gasteiger charge is -2.25. The number of thioether (sulfide) groups is 1. The van der Waals surface area contributed by atoms with E-state index >= 15 is 0 Å². The van der Waals surface area contributed by atoms with Crippen LogP contribution in [0.5, 0.6) is 0 Å². The second-order valence-corrected chi connectivity index (χ2v) is 5.61. The maximum Gasteiger partial charge on any atom is 0.0910 e. The minimum absolute atomic E-state index is 0.208. The van der Waals surface area contributed by atoms with Crippen molar-refractivity contribution in [1.29, 1.82) is 0 Å². The molecule has 0 saturated carbocycles. The van der Waals surface area contributed by atoms with Crippen LogP contribution < -0.4 is 0 Å². The summed E-state index contributed by atoms with van der Waals surface area (Å²) in [5.41, 5.74) is 0. The van der Waals surface area contributed by atoms with Gasteiger partial charge in [0.2, 0.25) is 0 Å². The topological polar surface area (TPSA) is 20.2 Å². The molecule has 1 aromatic heterocycles. The predicted molar refractivity (Wildman–Crippen MR) is 59.3 cm³/mol. The van der Waals surface area contributed by atoms with E-state index in [1.54, 1.807) is 11.3 Å². The maximum absolute atomic E-state index is 10.0. The summed E-state index contributed by atoms with van der Waals surface area (Å²) in [7, 11) is 0. The highest BCUT2D eigenvalue weighted by atomic mass is 32.2. The van der Waals surface area contributed by atoms with E-state index in [2.05, 4.69) is 0 Å². The normalized spacial score (nSPS) is 21.6. The summed E-state index contributed by atoms with van der Waals surface area (Å²) in [5.74, 6) is 2.93. The van der Waals surface area contributed by atoms with Crippen molar-refractivity contribution in [2.24, 2.45) is 5.92 Å². The Morgan fingerprint density at radius 2 is 2.15 bits per heavy atom. The van der Waals surface area contributed by atoms with Gasteiger partial charge in [-0.2, -0.15) is 11.8 Å². The molecule has 1 aliphatic rings. The summed E-state index contributed by atoms with van der Waals surface area (Å²) in [4.78, 5) is 1.14. The van der Waals surface area contributed by atoms with Crippen molar-refractivity contribution in [3.8, 4) is 0 Å². The molecule has 1 atom stereocenters. The Hall–Kier alpha value is 0.01000. The van der Waals surface area contributed by atoms with Gasteiger partial charge >= 0.3 is 0 Å². The first-order valence-electron chi connectivity index (χ1n) is 4.67. The molecule has 72 valence electrons. The number of thiophene rings is 1. The molecule has 0 amide bonds. The molecule has 0 radical (unpaired) electrons. The fraction of sp³-hybridized carbons (Fsp3) is 0.600. The van der Waals surface area contributed by atoms with Crippen LogP contribution in [-0.2, 0) is 0 Å². The first-order chi connectivity index (χ1) is 6.38. The lowest BCUT2D eigenvalue weighted by Crippen LogP contribution is -2.17. The number of hydrogen-bond acceptors (Lipinski definition) is 3. The molecule has 1 saturated heterocycles. The van der Waals surface area contributed by atoms with E-state index in [1.165, 1.54) is 24.3 Å². The average molecular weight is 214 g/mol. The van der Waals surface area contributed by atoms with Crippen molar-refractivity contribution in [2.75, 3.05) is 11.5 Å². The molecule has 1 fully saturated rings. The number of aliphatic hydroxyl groups excluding tert-OH is 1. The van der Waals surface area contributed by atoms with Crippen LogP contribution >= 0.6 is 23.1 Å². The van der Waals surface area contributed by atoms with E-state index in [9.17, 15) is 5.11 Å². The SMILES string of the molecule is O[C@@H](c1cccs1)C1CCSCC1. The van der Waals surface area contributed by atoms with Crippen molar-refractivity contribution >= 4 is 23.1 Å². The molecule has 13 heavy (non-hydrogen) atoms. The minimum Gasteiger partial charge on any atom is -0.387 e. The molecule has 2 heterocycles. The van der Waals surface area contributed by atoms with E-state index in [0.29, 0.717) is 5.92 Å². The summed E-state index contributed by atoms with van der Waals surface area (Å²) in [6.45, 7) is 0. The fourth-order valence-electron chi connectivity index (χ4n) is 1.72. The van der Waals surface area contributed by atoms with E-state index in [0.717, 1.165) is 4.88 Å². The Morgan fingerprint density at radius 1 is 1.38 bits per heavy atom. The van der Waals surface area contributed by atoms with E-state index < -0.39 is 0 Å². The van der Waals surface area contributed by atoms with Crippen LogP contribution in [0.3, 0.4) is 0 Å². The van der Waals surface area contributed by atoms with Gasteiger partial charge < -0.3 is 5.11 Å². The van der Waals surface area contributed by atoms with E-state index in [1.807, 2.05) is 29.3 Å². The van der Waals surface area contributed by atoms with E-state index in [4.69, 9.17) is 0 Å². The van der Waals surface area contributed by atoms with Crippen molar-refractivity contribution in [2.45, 2.75) is 18.9 Å². The van der Waals surface area contributed by atoms with E-state index in [-0.39, 0.29) is 6.10 Å². The lowest BCUT2D eigenvalue weighted by molar-refractivity contribution is 0.106. The van der Waals surface area contributed by atoms with Gasteiger partial charge in [-0.25, -0.2) is 0 Å². The lowest BCUT2D eigenvalue weighted by atomic mass is 9.95. The van der Waals surface area contributed by atoms with Gasteiger partial charge in [0.1, 0.15) is 0 Å². The highest BCUT2D eigenvalue weighted by molar-refractivity contribution is 7.99. The van der Waals surface area contributed by atoms with Crippen molar-refractivity contribution < 1.29 is 5.11 Å². The van der Waals surface area contributed by atoms with Crippen LogP contribution in [0.2, 0.25) is 0 Å². The van der Waals surface area contributed by atoms with Gasteiger partial charge in [-0.05, 0) is 41.7 Å². The monoisotopic (exact) mass is 214 g/mol. The van der Waals surface area contributed by atoms with Gasteiger partial charge in [0, 0.05) is 4.88 Å².